The summed E-state index contributed by atoms with van der Waals surface area (Å²) in [7, 11) is -4.17. The Kier molecular flexibility index (Phi) is 9.28. The Labute approximate surface area is 194 Å². The fourth-order valence-electron chi connectivity index (χ4n) is 2.66. The second-order valence-electron chi connectivity index (χ2n) is 6.77. The predicted octanol–water partition coefficient (Wildman–Crippen LogP) is 3.09. The highest BCUT2D eigenvalue weighted by atomic mass is 35.5. The van der Waals surface area contributed by atoms with Crippen molar-refractivity contribution in [2.24, 2.45) is 0 Å². The molecule has 0 saturated carbocycles. The van der Waals surface area contributed by atoms with Crippen molar-refractivity contribution in [2.45, 2.75) is 24.7 Å². The van der Waals surface area contributed by atoms with Gasteiger partial charge >= 0.3 is 5.97 Å². The summed E-state index contributed by atoms with van der Waals surface area (Å²) in [5, 5.41) is 9.35. The van der Waals surface area contributed by atoms with Gasteiger partial charge in [0.2, 0.25) is 10.0 Å². The van der Waals surface area contributed by atoms with Gasteiger partial charge in [-0.1, -0.05) is 11.6 Å². The van der Waals surface area contributed by atoms with Crippen LogP contribution in [0.4, 0.5) is 14.5 Å². The fraction of sp³-hybridized carbons (Fsp3) is 0.286. The zero-order chi connectivity index (χ0) is 24.6. The lowest BCUT2D eigenvalue weighted by atomic mass is 10.2. The highest BCUT2D eigenvalue weighted by Gasteiger charge is 2.20. The van der Waals surface area contributed by atoms with Crippen LogP contribution in [-0.2, 0) is 24.3 Å². The van der Waals surface area contributed by atoms with Crippen LogP contribution in [0.5, 0.6) is 0 Å². The van der Waals surface area contributed by atoms with Crippen LogP contribution in [-0.4, -0.2) is 40.0 Å². The van der Waals surface area contributed by atoms with Crippen molar-refractivity contribution >= 4 is 39.2 Å². The number of carbonyl (C=O) groups excluding carboxylic acids is 2. The number of rotatable bonds is 10. The highest BCUT2D eigenvalue weighted by molar-refractivity contribution is 7.89. The van der Waals surface area contributed by atoms with Crippen LogP contribution in [0.1, 0.15) is 18.4 Å². The molecule has 2 aromatic carbocycles. The molecule has 0 spiro atoms. The van der Waals surface area contributed by atoms with Gasteiger partial charge in [0.1, 0.15) is 0 Å². The molecule has 0 aliphatic rings. The van der Waals surface area contributed by atoms with Gasteiger partial charge in [-0.2, -0.15) is 5.26 Å². The zero-order valence-electron chi connectivity index (χ0n) is 17.5. The van der Waals surface area contributed by atoms with Gasteiger partial charge in [-0.05, 0) is 48.9 Å². The van der Waals surface area contributed by atoms with Crippen molar-refractivity contribution in [2.75, 3.05) is 24.6 Å². The van der Waals surface area contributed by atoms with Crippen molar-refractivity contribution in [3.63, 3.8) is 0 Å². The van der Waals surface area contributed by atoms with Gasteiger partial charge in [-0.15, -0.1) is 0 Å². The fourth-order valence-corrected chi connectivity index (χ4v) is 3.82. The number of amides is 1. The molecule has 0 fully saturated rings. The first kappa shape index (κ1) is 26.2. The van der Waals surface area contributed by atoms with Crippen LogP contribution in [0.15, 0.2) is 41.3 Å². The first-order valence-corrected chi connectivity index (χ1v) is 11.4. The van der Waals surface area contributed by atoms with Gasteiger partial charge < -0.3 is 9.64 Å². The van der Waals surface area contributed by atoms with E-state index in [4.69, 9.17) is 21.6 Å². The van der Waals surface area contributed by atoms with E-state index in [0.717, 1.165) is 6.07 Å². The molecule has 0 aliphatic carbocycles. The summed E-state index contributed by atoms with van der Waals surface area (Å²) in [5.41, 5.74) is 1.20. The van der Waals surface area contributed by atoms with E-state index in [1.807, 2.05) is 6.07 Å². The third kappa shape index (κ3) is 7.49. The summed E-state index contributed by atoms with van der Waals surface area (Å²) in [6, 6.07) is 8.86. The van der Waals surface area contributed by atoms with Gasteiger partial charge in [0.25, 0.3) is 5.91 Å². The number of nitrogens with zero attached hydrogens (tertiary/aromatic N) is 2. The number of hydrogen-bond donors (Lipinski definition) is 1. The summed E-state index contributed by atoms with van der Waals surface area (Å²) in [4.78, 5) is 25.3. The van der Waals surface area contributed by atoms with Gasteiger partial charge in [-0.25, -0.2) is 21.9 Å². The molecule has 8 nitrogen and oxygen atoms in total. The summed E-state index contributed by atoms with van der Waals surface area (Å²) in [5.74, 6) is -3.96. The quantitative estimate of drug-likeness (QED) is 0.502. The van der Waals surface area contributed by atoms with Crippen molar-refractivity contribution in [1.29, 1.82) is 5.26 Å². The molecule has 0 heterocycles. The van der Waals surface area contributed by atoms with E-state index in [-0.39, 0.29) is 19.5 Å². The Bertz CT molecular complexity index is 1180. The van der Waals surface area contributed by atoms with E-state index in [9.17, 15) is 26.8 Å². The lowest BCUT2D eigenvalue weighted by Gasteiger charge is -2.22. The number of nitriles is 1. The smallest absolute Gasteiger partial charge is 0.307 e. The Morgan fingerprint density at radius 3 is 2.55 bits per heavy atom. The number of sulfonamides is 1. The largest absolute Gasteiger partial charge is 0.456 e. The summed E-state index contributed by atoms with van der Waals surface area (Å²) in [6.07, 6.45) is -0.360. The SMILES string of the molecule is Cc1cc(N(CCC#N)C(=O)COC(=O)CCNS(=O)(=O)c2ccc(F)c(F)c2)ccc1Cl. The van der Waals surface area contributed by atoms with Crippen molar-refractivity contribution in [3.8, 4) is 6.07 Å². The molecular formula is C21H20ClF2N3O5S. The van der Waals surface area contributed by atoms with Gasteiger partial charge in [-0.3, -0.25) is 9.59 Å². The van der Waals surface area contributed by atoms with Crippen LogP contribution in [0.3, 0.4) is 0 Å². The number of ether oxygens (including phenoxy) is 1. The second kappa shape index (κ2) is 11.7. The molecule has 0 aliphatic heterocycles. The average molecular weight is 500 g/mol. The number of anilines is 1. The third-order valence-corrected chi connectivity index (χ3v) is 6.26. The van der Waals surface area contributed by atoms with E-state index in [1.54, 1.807) is 25.1 Å². The van der Waals surface area contributed by atoms with Crippen LogP contribution >= 0.6 is 11.6 Å². The molecule has 0 saturated heterocycles. The number of hydrogen-bond acceptors (Lipinski definition) is 6. The summed E-state index contributed by atoms with van der Waals surface area (Å²) in [6.45, 7) is 0.812. The first-order chi connectivity index (χ1) is 15.5. The maximum atomic E-state index is 13.2. The number of aryl methyl sites for hydroxylation is 1. The molecule has 2 rings (SSSR count). The molecule has 12 heteroatoms. The Hall–Kier alpha value is -3.07. The topological polar surface area (TPSA) is 117 Å². The number of esters is 1. The molecule has 0 atom stereocenters. The Morgan fingerprint density at radius 2 is 1.91 bits per heavy atom. The molecule has 0 bridgehead atoms. The van der Waals surface area contributed by atoms with Gasteiger partial charge in [0.05, 0.1) is 23.8 Å². The van der Waals surface area contributed by atoms with Crippen molar-refractivity contribution < 1.29 is 31.5 Å². The zero-order valence-corrected chi connectivity index (χ0v) is 19.0. The van der Waals surface area contributed by atoms with Crippen molar-refractivity contribution in [1.82, 2.24) is 4.72 Å². The number of benzene rings is 2. The van der Waals surface area contributed by atoms with Crippen molar-refractivity contribution in [3.05, 3.63) is 58.6 Å². The molecular weight excluding hydrogens is 480 g/mol. The monoisotopic (exact) mass is 499 g/mol. The van der Waals surface area contributed by atoms with Crippen LogP contribution in [0.25, 0.3) is 0 Å². The minimum Gasteiger partial charge on any atom is -0.456 e. The molecule has 176 valence electrons. The third-order valence-electron chi connectivity index (χ3n) is 4.38. The normalized spacial score (nSPS) is 11.0. The molecule has 0 radical (unpaired) electrons. The molecule has 0 aromatic heterocycles. The Morgan fingerprint density at radius 1 is 1.18 bits per heavy atom. The maximum Gasteiger partial charge on any atom is 0.307 e. The second-order valence-corrected chi connectivity index (χ2v) is 8.95. The average Bonchev–Trinajstić information content (AvgIpc) is 2.76. The summed E-state index contributed by atoms with van der Waals surface area (Å²) < 4.78 is 57.4. The standard InChI is InChI=1S/C21H20ClF2N3O5S/c1-14-11-15(3-5-17(14)22)27(10-2-8-25)20(28)13-32-21(29)7-9-26-33(30,31)16-4-6-18(23)19(24)12-16/h3-6,11-12,26H,2,7,9-10,13H2,1H3. The first-order valence-electron chi connectivity index (χ1n) is 9.59. The molecule has 0 unspecified atom stereocenters. The van der Waals surface area contributed by atoms with E-state index < -0.39 is 51.5 Å². The van der Waals surface area contributed by atoms with E-state index in [0.29, 0.717) is 28.4 Å². The number of nitrogens with one attached hydrogen (secondary N) is 1. The molecule has 2 aromatic rings. The highest BCUT2D eigenvalue weighted by Crippen LogP contribution is 2.23. The minimum absolute atomic E-state index is 0.0487. The Balaban J connectivity index is 1.91. The van der Waals surface area contributed by atoms with Crippen LogP contribution < -0.4 is 9.62 Å². The van der Waals surface area contributed by atoms with Crippen LogP contribution in [0.2, 0.25) is 5.02 Å². The summed E-state index contributed by atoms with van der Waals surface area (Å²) >= 11 is 6.00. The van der Waals surface area contributed by atoms with E-state index >= 15 is 0 Å². The molecule has 1 N–H and O–H groups in total. The lowest BCUT2D eigenvalue weighted by Crippen LogP contribution is -2.36. The maximum absolute atomic E-state index is 13.2. The van der Waals surface area contributed by atoms with E-state index in [1.165, 1.54) is 4.90 Å². The molecule has 33 heavy (non-hydrogen) atoms. The van der Waals surface area contributed by atoms with E-state index in [2.05, 4.69) is 4.72 Å². The molecule has 1 amide bonds. The van der Waals surface area contributed by atoms with Crippen LogP contribution in [0, 0.1) is 29.9 Å². The predicted molar refractivity (Wildman–Crippen MR) is 116 cm³/mol. The number of halogens is 3. The van der Waals surface area contributed by atoms with Gasteiger partial charge in [0.15, 0.2) is 18.2 Å². The minimum atomic E-state index is -4.17. The number of carbonyl (C=O) groups is 2. The van der Waals surface area contributed by atoms with Gasteiger partial charge in [0, 0.05) is 23.8 Å². The lowest BCUT2D eigenvalue weighted by molar-refractivity contribution is -0.147.